The van der Waals surface area contributed by atoms with Crippen molar-refractivity contribution in [2.45, 2.75) is 33.1 Å². The highest BCUT2D eigenvalue weighted by Gasteiger charge is 2.43. The number of hydrogen-bond donors (Lipinski definition) is 0. The first-order valence-electron chi connectivity index (χ1n) is 23.6. The molecule has 68 heavy (non-hydrogen) atoms. The molecule has 326 valence electrons. The van der Waals surface area contributed by atoms with E-state index in [1.54, 1.807) is 0 Å². The fourth-order valence-electron chi connectivity index (χ4n) is 10.5. The molecule has 0 unspecified atom stereocenters. The zero-order valence-electron chi connectivity index (χ0n) is 38.8. The summed E-state index contributed by atoms with van der Waals surface area (Å²) in [5.41, 5.74) is 18.1. The van der Waals surface area contributed by atoms with Crippen LogP contribution >= 0.6 is 0 Å². The number of fused-ring (bicyclic) bond motifs is 5. The molecule has 2 aliphatic rings. The van der Waals surface area contributed by atoms with E-state index >= 15 is 0 Å². The van der Waals surface area contributed by atoms with Crippen LogP contribution in [0, 0.1) is 6.92 Å². The summed E-state index contributed by atoms with van der Waals surface area (Å²) in [5, 5.41) is 2.44. The van der Waals surface area contributed by atoms with E-state index in [2.05, 4.69) is 273 Å². The third kappa shape index (κ3) is 7.10. The molecule has 0 spiro atoms. The van der Waals surface area contributed by atoms with Crippen LogP contribution in [0.3, 0.4) is 0 Å². The minimum absolute atomic E-state index is 0.0721. The van der Waals surface area contributed by atoms with Gasteiger partial charge in [0.25, 0.3) is 6.71 Å². The van der Waals surface area contributed by atoms with Crippen molar-refractivity contribution in [1.29, 1.82) is 0 Å². The number of ether oxygens (including phenoxy) is 1. The van der Waals surface area contributed by atoms with Crippen LogP contribution in [0.2, 0.25) is 0 Å². The van der Waals surface area contributed by atoms with Crippen LogP contribution < -0.4 is 35.8 Å². The summed E-state index contributed by atoms with van der Waals surface area (Å²) < 4.78 is 7.22. The van der Waals surface area contributed by atoms with Crippen molar-refractivity contribution >= 4 is 85.1 Å². The molecule has 10 aromatic rings. The van der Waals surface area contributed by atoms with Gasteiger partial charge in [0, 0.05) is 57.1 Å². The molecular weight excluding hydrogens is 826 g/mol. The minimum atomic E-state index is -0.0997. The molecule has 2 heterocycles. The van der Waals surface area contributed by atoms with E-state index in [1.807, 2.05) is 0 Å². The summed E-state index contributed by atoms with van der Waals surface area (Å²) in [6, 6.07) is 83.7. The average Bonchev–Trinajstić information content (AvgIpc) is 3.37. The van der Waals surface area contributed by atoms with Crippen LogP contribution in [-0.2, 0) is 5.41 Å². The molecule has 2 aliphatic heterocycles. The highest BCUT2D eigenvalue weighted by molar-refractivity contribution is 6.99. The number of aryl methyl sites for hydroxylation is 1. The lowest BCUT2D eigenvalue weighted by molar-refractivity contribution is 0.487. The Labute approximate surface area is 400 Å². The van der Waals surface area contributed by atoms with Gasteiger partial charge in [-0.25, -0.2) is 0 Å². The molecule has 10 aromatic carbocycles. The molecule has 0 amide bonds. The van der Waals surface area contributed by atoms with Crippen LogP contribution in [0.25, 0.3) is 21.9 Å². The predicted molar refractivity (Wildman–Crippen MR) is 288 cm³/mol. The fourth-order valence-corrected chi connectivity index (χ4v) is 10.5. The normalized spacial score (nSPS) is 12.5. The van der Waals surface area contributed by atoms with E-state index in [4.69, 9.17) is 4.74 Å². The molecule has 0 aromatic heterocycles. The molecule has 0 atom stereocenters. The predicted octanol–water partition coefficient (Wildman–Crippen LogP) is 15.5. The number of nitrogens with zero attached hydrogens (tertiary/aromatic N) is 3. The lowest BCUT2D eigenvalue weighted by Crippen LogP contribution is -2.59. The Morgan fingerprint density at radius 2 is 0.956 bits per heavy atom. The second-order valence-corrected chi connectivity index (χ2v) is 19.1. The number of para-hydroxylation sites is 4. The Kier molecular flexibility index (Phi) is 10.0. The fraction of sp³-hybridized carbons (Fsp3) is 0.0794. The van der Waals surface area contributed by atoms with E-state index in [0.717, 1.165) is 73.7 Å². The third-order valence-electron chi connectivity index (χ3n) is 13.6. The van der Waals surface area contributed by atoms with Gasteiger partial charge >= 0.3 is 0 Å². The van der Waals surface area contributed by atoms with Crippen LogP contribution in [0.5, 0.6) is 11.5 Å². The Morgan fingerprint density at radius 3 is 1.56 bits per heavy atom. The second kappa shape index (κ2) is 16.6. The standard InChI is InChI=1S/C63H50BN3O/c1-43-38-59-62-61(39-43)68-60-42-51(66(48-26-13-7-14-27-48)49-28-15-8-16-29-49)34-36-56(60)64(62)55-35-33-50(65(46-22-9-5-10-23-46)47-24-11-6-12-25-47)41-58(55)67(59)57-37-32-45(63(2,3)4)40-54(57)53-31-19-21-44-20-17-18-30-52(44)53/h5-42H,1-4H3. The molecule has 0 aliphatic carbocycles. The Balaban J connectivity index is 1.12. The molecule has 0 bridgehead atoms. The summed E-state index contributed by atoms with van der Waals surface area (Å²) >= 11 is 0. The maximum Gasteiger partial charge on any atom is 0.256 e. The van der Waals surface area contributed by atoms with Crippen molar-refractivity contribution in [2.24, 2.45) is 0 Å². The number of anilines is 9. The third-order valence-corrected chi connectivity index (χ3v) is 13.6. The summed E-state index contributed by atoms with van der Waals surface area (Å²) in [6.07, 6.45) is 0. The van der Waals surface area contributed by atoms with Crippen molar-refractivity contribution < 1.29 is 4.74 Å². The topological polar surface area (TPSA) is 19.0 Å². The van der Waals surface area contributed by atoms with E-state index in [0.29, 0.717) is 0 Å². The molecule has 0 saturated carbocycles. The maximum absolute atomic E-state index is 7.22. The van der Waals surface area contributed by atoms with Gasteiger partial charge in [-0.05, 0) is 147 Å². The average molecular weight is 876 g/mol. The van der Waals surface area contributed by atoms with Crippen molar-refractivity contribution in [3.05, 3.63) is 242 Å². The Morgan fingerprint density at radius 1 is 0.412 bits per heavy atom. The quantitative estimate of drug-likeness (QED) is 0.142. The highest BCUT2D eigenvalue weighted by atomic mass is 16.5. The van der Waals surface area contributed by atoms with Gasteiger partial charge in [0.05, 0.1) is 5.69 Å². The Hall–Kier alpha value is -8.28. The minimum Gasteiger partial charge on any atom is -0.458 e. The molecule has 4 nitrogen and oxygen atoms in total. The molecule has 5 heteroatoms. The van der Waals surface area contributed by atoms with Crippen LogP contribution in [-0.4, -0.2) is 6.71 Å². The van der Waals surface area contributed by atoms with Crippen molar-refractivity contribution in [1.82, 2.24) is 0 Å². The second-order valence-electron chi connectivity index (χ2n) is 19.1. The first-order valence-corrected chi connectivity index (χ1v) is 23.6. The van der Waals surface area contributed by atoms with Gasteiger partial charge in [0.2, 0.25) is 0 Å². The lowest BCUT2D eigenvalue weighted by atomic mass is 9.34. The van der Waals surface area contributed by atoms with E-state index in [1.165, 1.54) is 38.4 Å². The van der Waals surface area contributed by atoms with Gasteiger partial charge in [-0.15, -0.1) is 0 Å². The van der Waals surface area contributed by atoms with Crippen LogP contribution in [0.1, 0.15) is 31.9 Å². The zero-order chi connectivity index (χ0) is 45.9. The summed E-state index contributed by atoms with van der Waals surface area (Å²) in [7, 11) is 0. The van der Waals surface area contributed by atoms with Gasteiger partial charge in [-0.1, -0.05) is 154 Å². The molecule has 0 fully saturated rings. The van der Waals surface area contributed by atoms with Crippen LogP contribution in [0.15, 0.2) is 231 Å². The van der Waals surface area contributed by atoms with Crippen molar-refractivity contribution in [3.63, 3.8) is 0 Å². The number of rotatable bonds is 8. The summed E-state index contributed by atoms with van der Waals surface area (Å²) in [5.74, 6) is 1.74. The molecule has 12 rings (SSSR count). The molecule has 0 radical (unpaired) electrons. The van der Waals surface area contributed by atoms with Gasteiger partial charge < -0.3 is 19.4 Å². The summed E-state index contributed by atoms with van der Waals surface area (Å²) in [6.45, 7) is 9.01. The Bertz CT molecular complexity index is 3410. The van der Waals surface area contributed by atoms with Gasteiger partial charge in [0.15, 0.2) is 0 Å². The van der Waals surface area contributed by atoms with Gasteiger partial charge in [-0.3, -0.25) is 0 Å². The van der Waals surface area contributed by atoms with Crippen molar-refractivity contribution in [3.8, 4) is 22.6 Å². The lowest BCUT2D eigenvalue weighted by Gasteiger charge is -2.42. The molecular formula is C63H50BN3O. The largest absolute Gasteiger partial charge is 0.458 e. The molecule has 0 N–H and O–H groups in total. The van der Waals surface area contributed by atoms with E-state index in [-0.39, 0.29) is 12.1 Å². The van der Waals surface area contributed by atoms with Gasteiger partial charge in [0.1, 0.15) is 11.5 Å². The van der Waals surface area contributed by atoms with E-state index in [9.17, 15) is 0 Å². The maximum atomic E-state index is 7.22. The number of hydrogen-bond acceptors (Lipinski definition) is 4. The van der Waals surface area contributed by atoms with Crippen LogP contribution in [0.4, 0.5) is 51.2 Å². The van der Waals surface area contributed by atoms with Crippen molar-refractivity contribution in [2.75, 3.05) is 14.7 Å². The number of benzene rings is 10. The SMILES string of the molecule is Cc1cc2c3c(c1)N(c1ccc(C(C)(C)C)cc1-c1cccc4ccccc14)c1cc(N(c4ccccc4)c4ccccc4)ccc1B3c1ccc(N(c3ccccc3)c3ccccc3)cc1O2. The monoisotopic (exact) mass is 875 g/mol. The highest BCUT2D eigenvalue weighted by Crippen LogP contribution is 2.49. The summed E-state index contributed by atoms with van der Waals surface area (Å²) in [4.78, 5) is 7.21. The first kappa shape index (κ1) is 41.2. The van der Waals surface area contributed by atoms with Gasteiger partial charge in [-0.2, -0.15) is 0 Å². The zero-order valence-corrected chi connectivity index (χ0v) is 38.8. The smallest absolute Gasteiger partial charge is 0.256 e. The first-order chi connectivity index (χ1) is 33.3. The van der Waals surface area contributed by atoms with E-state index < -0.39 is 0 Å². The molecule has 0 saturated heterocycles.